The lowest BCUT2D eigenvalue weighted by molar-refractivity contribution is 0.894. The molecule has 0 saturated carbocycles. The number of pyridine rings is 1. The van der Waals surface area contributed by atoms with Crippen molar-refractivity contribution in [3.63, 3.8) is 0 Å². The highest BCUT2D eigenvalue weighted by Gasteiger charge is 2.27. The summed E-state index contributed by atoms with van der Waals surface area (Å²) in [5.74, 6) is 0. The molecular formula is C49H38N4. The maximum atomic E-state index is 4.57. The average Bonchev–Trinajstić information content (AvgIpc) is 3.91. The molecule has 53 heavy (non-hydrogen) atoms. The van der Waals surface area contributed by atoms with Crippen molar-refractivity contribution >= 4 is 44.4 Å². The first-order valence-electron chi connectivity index (χ1n) is 18.8. The number of hydrogen-bond donors (Lipinski definition) is 1. The van der Waals surface area contributed by atoms with Gasteiger partial charge in [-0.2, -0.15) is 0 Å². The number of H-pyrrole nitrogens is 1. The number of allylic oxidation sites excluding steroid dienone is 1. The molecule has 0 fully saturated rings. The molecule has 2 aliphatic rings. The number of aromatic amines is 1. The van der Waals surface area contributed by atoms with Crippen molar-refractivity contribution in [1.29, 1.82) is 0 Å². The SMILES string of the molecule is Cc1cccc(C2=Cc3c(n(-c4cccnc4)c4cc5c(cc34)CCc3cc4c6cc(-c7cccc(C)c7)ccc6n(-c6cc[nH]c6)c4cc3-5)CC2)c1. The van der Waals surface area contributed by atoms with E-state index in [0.29, 0.717) is 0 Å². The molecule has 0 spiro atoms. The second-order valence-electron chi connectivity index (χ2n) is 15.0. The largest absolute Gasteiger partial charge is 0.366 e. The number of aromatic nitrogens is 4. The predicted octanol–water partition coefficient (Wildman–Crippen LogP) is 12.0. The Balaban J connectivity index is 1.15. The van der Waals surface area contributed by atoms with Crippen LogP contribution in [0.2, 0.25) is 0 Å². The summed E-state index contributed by atoms with van der Waals surface area (Å²) in [7, 11) is 0. The van der Waals surface area contributed by atoms with Crippen molar-refractivity contribution < 1.29 is 0 Å². The van der Waals surface area contributed by atoms with Gasteiger partial charge < -0.3 is 14.1 Å². The highest BCUT2D eigenvalue weighted by molar-refractivity contribution is 6.12. The van der Waals surface area contributed by atoms with Crippen molar-refractivity contribution in [2.75, 3.05) is 0 Å². The van der Waals surface area contributed by atoms with E-state index in [0.717, 1.165) is 37.1 Å². The summed E-state index contributed by atoms with van der Waals surface area (Å²) in [4.78, 5) is 7.89. The van der Waals surface area contributed by atoms with Crippen LogP contribution in [0.3, 0.4) is 0 Å². The first-order chi connectivity index (χ1) is 26.1. The molecule has 4 heterocycles. The zero-order chi connectivity index (χ0) is 35.2. The van der Waals surface area contributed by atoms with Crippen LogP contribution in [0.15, 0.2) is 134 Å². The smallest absolute Gasteiger partial charge is 0.0642 e. The molecule has 4 aromatic heterocycles. The van der Waals surface area contributed by atoms with Crippen molar-refractivity contribution in [3.05, 3.63) is 173 Å². The van der Waals surface area contributed by atoms with Gasteiger partial charge in [-0.3, -0.25) is 4.98 Å². The number of nitrogens with zero attached hydrogens (tertiary/aromatic N) is 3. The molecular weight excluding hydrogens is 645 g/mol. The van der Waals surface area contributed by atoms with Gasteiger partial charge in [0.25, 0.3) is 0 Å². The molecule has 2 aliphatic carbocycles. The second kappa shape index (κ2) is 11.6. The Kier molecular flexibility index (Phi) is 6.60. The average molecular weight is 683 g/mol. The fraction of sp³-hybridized carbons (Fsp3) is 0.122. The third-order valence-electron chi connectivity index (χ3n) is 11.7. The summed E-state index contributed by atoms with van der Waals surface area (Å²) in [6, 6.07) is 41.1. The van der Waals surface area contributed by atoms with Crippen molar-refractivity contribution in [2.45, 2.75) is 39.5 Å². The van der Waals surface area contributed by atoms with Crippen LogP contribution in [0.1, 0.15) is 45.5 Å². The van der Waals surface area contributed by atoms with Crippen molar-refractivity contribution in [1.82, 2.24) is 19.1 Å². The highest BCUT2D eigenvalue weighted by atomic mass is 15.0. The molecule has 0 unspecified atom stereocenters. The minimum atomic E-state index is 0.988. The first-order valence-corrected chi connectivity index (χ1v) is 18.8. The van der Waals surface area contributed by atoms with Gasteiger partial charge >= 0.3 is 0 Å². The Bertz CT molecular complexity index is 2950. The Morgan fingerprint density at radius 2 is 1.28 bits per heavy atom. The van der Waals surface area contributed by atoms with Gasteiger partial charge in [0.2, 0.25) is 0 Å². The van der Waals surface area contributed by atoms with E-state index in [9.17, 15) is 0 Å². The van der Waals surface area contributed by atoms with Gasteiger partial charge in [-0.15, -0.1) is 0 Å². The topological polar surface area (TPSA) is 38.5 Å². The van der Waals surface area contributed by atoms with Gasteiger partial charge in [-0.25, -0.2) is 0 Å². The summed E-state index contributed by atoms with van der Waals surface area (Å²) < 4.78 is 4.92. The van der Waals surface area contributed by atoms with E-state index in [-0.39, 0.29) is 0 Å². The number of rotatable bonds is 4. The molecule has 1 N–H and O–H groups in total. The minimum Gasteiger partial charge on any atom is -0.366 e. The Morgan fingerprint density at radius 1 is 0.566 bits per heavy atom. The van der Waals surface area contributed by atoms with Crippen LogP contribution < -0.4 is 0 Å². The lowest BCUT2D eigenvalue weighted by Crippen LogP contribution is -2.06. The number of benzene rings is 5. The summed E-state index contributed by atoms with van der Waals surface area (Å²) in [6.45, 7) is 4.35. The van der Waals surface area contributed by atoms with E-state index in [1.165, 1.54) is 99.6 Å². The maximum absolute atomic E-state index is 4.57. The molecule has 11 rings (SSSR count). The summed E-state index contributed by atoms with van der Waals surface area (Å²) in [5, 5.41) is 3.93. The van der Waals surface area contributed by atoms with Gasteiger partial charge in [-0.1, -0.05) is 65.7 Å². The predicted molar refractivity (Wildman–Crippen MR) is 220 cm³/mol. The molecule has 254 valence electrons. The van der Waals surface area contributed by atoms with E-state index in [4.69, 9.17) is 0 Å². The Hall–Kier alpha value is -6.39. The molecule has 0 saturated heterocycles. The number of hydrogen-bond acceptors (Lipinski definition) is 1. The lowest BCUT2D eigenvalue weighted by atomic mass is 9.83. The standard InChI is InChI=1S/C49H38N4/c1-30-6-3-8-32(20-30)34-13-15-46-42(22-34)44-24-36-11-12-37-25-45-43-23-35(33-9-4-7-31(2)21-33)14-16-47(43)53(39-17-19-51-29-39)49(45)27-41(37)40(36)26-48(44)52(46)38-10-5-18-50-28-38/h3-10,14,16-29,51H,11-13,15H2,1-2H3. The van der Waals surface area contributed by atoms with Crippen LogP contribution in [-0.2, 0) is 19.3 Å². The van der Waals surface area contributed by atoms with Crippen LogP contribution in [0, 0.1) is 13.8 Å². The monoisotopic (exact) mass is 682 g/mol. The van der Waals surface area contributed by atoms with Crippen LogP contribution in [-0.4, -0.2) is 19.1 Å². The second-order valence-corrected chi connectivity index (χ2v) is 15.0. The lowest BCUT2D eigenvalue weighted by Gasteiger charge is -2.21. The fourth-order valence-corrected chi connectivity index (χ4v) is 9.25. The van der Waals surface area contributed by atoms with E-state index in [1.54, 1.807) is 0 Å². The summed E-state index contributed by atoms with van der Waals surface area (Å²) >= 11 is 0. The molecule has 9 aromatic rings. The van der Waals surface area contributed by atoms with E-state index in [2.05, 4.69) is 154 Å². The van der Waals surface area contributed by atoms with Crippen LogP contribution in [0.5, 0.6) is 0 Å². The van der Waals surface area contributed by atoms with Crippen LogP contribution in [0.25, 0.3) is 78.0 Å². The van der Waals surface area contributed by atoms with Gasteiger partial charge in [0.15, 0.2) is 0 Å². The molecule has 5 aromatic carbocycles. The summed E-state index contributed by atoms with van der Waals surface area (Å²) in [6.07, 6.45) is 14.5. The number of aryl methyl sites for hydroxylation is 4. The highest BCUT2D eigenvalue weighted by Crippen LogP contribution is 2.45. The van der Waals surface area contributed by atoms with Gasteiger partial charge in [-0.05, 0) is 145 Å². The fourth-order valence-electron chi connectivity index (χ4n) is 9.25. The number of nitrogens with one attached hydrogen (secondary N) is 1. The first kappa shape index (κ1) is 30.3. The van der Waals surface area contributed by atoms with Gasteiger partial charge in [0.1, 0.15) is 0 Å². The molecule has 0 radical (unpaired) electrons. The zero-order valence-corrected chi connectivity index (χ0v) is 29.9. The van der Waals surface area contributed by atoms with E-state index in [1.807, 2.05) is 18.6 Å². The number of fused-ring (bicyclic) bond motifs is 9. The third-order valence-corrected chi connectivity index (χ3v) is 11.7. The summed E-state index contributed by atoms with van der Waals surface area (Å²) in [5.41, 5.74) is 22.1. The molecule has 0 bridgehead atoms. The minimum absolute atomic E-state index is 0.988. The van der Waals surface area contributed by atoms with Crippen LogP contribution >= 0.6 is 0 Å². The quantitative estimate of drug-likeness (QED) is 0.197. The zero-order valence-electron chi connectivity index (χ0n) is 29.9. The molecule has 0 atom stereocenters. The Labute approximate surface area is 308 Å². The van der Waals surface area contributed by atoms with Crippen molar-refractivity contribution in [3.8, 4) is 33.6 Å². The molecule has 0 amide bonds. The normalized spacial score (nSPS) is 13.7. The Morgan fingerprint density at radius 3 is 2.02 bits per heavy atom. The molecule has 4 heteroatoms. The van der Waals surface area contributed by atoms with Crippen molar-refractivity contribution in [2.24, 2.45) is 0 Å². The van der Waals surface area contributed by atoms with Gasteiger partial charge in [0.05, 0.1) is 34.1 Å². The van der Waals surface area contributed by atoms with E-state index < -0.39 is 0 Å². The van der Waals surface area contributed by atoms with E-state index >= 15 is 0 Å². The molecule has 4 nitrogen and oxygen atoms in total. The maximum Gasteiger partial charge on any atom is 0.0642 e. The van der Waals surface area contributed by atoms with Crippen LogP contribution in [0.4, 0.5) is 0 Å². The molecule has 0 aliphatic heterocycles. The third kappa shape index (κ3) is 4.72. The van der Waals surface area contributed by atoms with Gasteiger partial charge in [0, 0.05) is 46.0 Å².